The number of hydrogen-bond acceptors (Lipinski definition) is 3. The van der Waals surface area contributed by atoms with Crippen molar-refractivity contribution in [3.63, 3.8) is 0 Å². The Labute approximate surface area is 193 Å². The monoisotopic (exact) mass is 473 g/mol. The van der Waals surface area contributed by atoms with Crippen LogP contribution in [0, 0.1) is 6.92 Å². The second kappa shape index (κ2) is 8.83. The summed E-state index contributed by atoms with van der Waals surface area (Å²) in [4.78, 5) is 13.4. The Morgan fingerprint density at radius 3 is 2.39 bits per heavy atom. The van der Waals surface area contributed by atoms with Gasteiger partial charge < -0.3 is 14.0 Å². The molecule has 3 aromatic carbocycles. The van der Waals surface area contributed by atoms with E-state index in [1.165, 1.54) is 18.2 Å². The first kappa shape index (κ1) is 22.7. The van der Waals surface area contributed by atoms with Crippen molar-refractivity contribution in [3.05, 3.63) is 94.1 Å². The number of benzene rings is 3. The molecule has 4 nitrogen and oxygen atoms in total. The molecule has 8 heteroatoms. The maximum Gasteiger partial charge on any atom is 0.573 e. The van der Waals surface area contributed by atoms with Gasteiger partial charge in [-0.25, -0.2) is 0 Å². The zero-order chi connectivity index (χ0) is 23.8. The van der Waals surface area contributed by atoms with Gasteiger partial charge in [0, 0.05) is 34.3 Å². The summed E-state index contributed by atoms with van der Waals surface area (Å²) in [6, 6.07) is 17.8. The molecule has 0 aliphatic carbocycles. The topological polar surface area (TPSA) is 40.5 Å². The first-order valence-electron chi connectivity index (χ1n) is 9.98. The lowest BCUT2D eigenvalue weighted by Crippen LogP contribution is -2.17. The maximum atomic E-state index is 13.4. The summed E-state index contributed by atoms with van der Waals surface area (Å²) in [5.41, 5.74) is 2.78. The van der Waals surface area contributed by atoms with E-state index in [1.807, 2.05) is 18.2 Å². The number of carbonyl (C=O) groups is 1. The predicted molar refractivity (Wildman–Crippen MR) is 120 cm³/mol. The number of halogens is 4. The second-order valence-corrected chi connectivity index (χ2v) is 7.90. The van der Waals surface area contributed by atoms with Gasteiger partial charge in [-0.1, -0.05) is 23.7 Å². The third kappa shape index (κ3) is 4.83. The number of methoxy groups -OCH3 is 1. The molecule has 0 amide bonds. The van der Waals surface area contributed by atoms with Crippen LogP contribution in [-0.4, -0.2) is 23.8 Å². The van der Waals surface area contributed by atoms with Crippen LogP contribution >= 0.6 is 11.6 Å². The molecule has 1 heterocycles. The Morgan fingerprint density at radius 2 is 1.73 bits per heavy atom. The Morgan fingerprint density at radius 1 is 1.00 bits per heavy atom. The summed E-state index contributed by atoms with van der Waals surface area (Å²) in [7, 11) is 1.55. The molecule has 0 spiro atoms. The molecule has 0 aliphatic heterocycles. The molecule has 0 atom stereocenters. The number of ketones is 1. The van der Waals surface area contributed by atoms with Crippen molar-refractivity contribution in [1.29, 1.82) is 0 Å². The van der Waals surface area contributed by atoms with Gasteiger partial charge in [-0.2, -0.15) is 0 Å². The van der Waals surface area contributed by atoms with E-state index in [9.17, 15) is 18.0 Å². The number of nitrogens with zero attached hydrogens (tertiary/aromatic N) is 1. The molecule has 33 heavy (non-hydrogen) atoms. The number of fused-ring (bicyclic) bond motifs is 1. The lowest BCUT2D eigenvalue weighted by Gasteiger charge is -2.12. The number of hydrogen-bond donors (Lipinski definition) is 0. The molecular formula is C25H19ClF3NO3. The number of aromatic nitrogens is 1. The van der Waals surface area contributed by atoms with Crippen molar-refractivity contribution in [2.75, 3.05) is 7.11 Å². The third-order valence-electron chi connectivity index (χ3n) is 5.34. The average Bonchev–Trinajstić information content (AvgIpc) is 3.03. The van der Waals surface area contributed by atoms with E-state index in [1.54, 1.807) is 48.9 Å². The van der Waals surface area contributed by atoms with E-state index in [2.05, 4.69) is 4.74 Å². The van der Waals surface area contributed by atoms with Gasteiger partial charge in [0.2, 0.25) is 0 Å². The smallest absolute Gasteiger partial charge is 0.497 e. The van der Waals surface area contributed by atoms with Crippen molar-refractivity contribution in [3.8, 4) is 11.5 Å². The van der Waals surface area contributed by atoms with Crippen LogP contribution in [0.25, 0.3) is 10.9 Å². The molecule has 0 bridgehead atoms. The van der Waals surface area contributed by atoms with E-state index >= 15 is 0 Å². The van der Waals surface area contributed by atoms with Gasteiger partial charge in [0.1, 0.15) is 11.5 Å². The highest BCUT2D eigenvalue weighted by atomic mass is 35.5. The highest BCUT2D eigenvalue weighted by molar-refractivity contribution is 6.30. The van der Waals surface area contributed by atoms with Crippen molar-refractivity contribution >= 4 is 28.3 Å². The minimum absolute atomic E-state index is 0.247. The summed E-state index contributed by atoms with van der Waals surface area (Å²) in [5, 5.41) is 1.03. The van der Waals surface area contributed by atoms with Gasteiger partial charge in [-0.05, 0) is 61.0 Å². The molecule has 4 aromatic rings. The summed E-state index contributed by atoms with van der Waals surface area (Å²) >= 11 is 5.95. The Hall–Kier alpha value is -3.45. The van der Waals surface area contributed by atoms with Gasteiger partial charge in [-0.15, -0.1) is 13.2 Å². The molecule has 0 N–H and O–H groups in total. The van der Waals surface area contributed by atoms with E-state index in [0.717, 1.165) is 5.56 Å². The quantitative estimate of drug-likeness (QED) is 0.289. The van der Waals surface area contributed by atoms with Crippen LogP contribution in [0.3, 0.4) is 0 Å². The maximum absolute atomic E-state index is 13.4. The van der Waals surface area contributed by atoms with Crippen LogP contribution in [-0.2, 0) is 6.54 Å². The summed E-state index contributed by atoms with van der Waals surface area (Å²) in [5.74, 6) is 0.0492. The van der Waals surface area contributed by atoms with E-state index in [-0.39, 0.29) is 11.5 Å². The highest BCUT2D eigenvalue weighted by Gasteiger charge is 2.31. The fraction of sp³-hybridized carbons (Fsp3) is 0.160. The van der Waals surface area contributed by atoms with Gasteiger partial charge in [-0.3, -0.25) is 4.79 Å². The molecule has 0 aliphatic rings. The van der Waals surface area contributed by atoms with Crippen LogP contribution in [0.4, 0.5) is 13.2 Å². The molecule has 170 valence electrons. The van der Waals surface area contributed by atoms with Crippen molar-refractivity contribution in [2.24, 2.45) is 0 Å². The van der Waals surface area contributed by atoms with E-state index < -0.39 is 6.36 Å². The average molecular weight is 474 g/mol. The normalized spacial score (nSPS) is 11.6. The van der Waals surface area contributed by atoms with Gasteiger partial charge in [0.15, 0.2) is 5.78 Å². The lowest BCUT2D eigenvalue weighted by molar-refractivity contribution is -0.274. The standard InChI is InChI=1S/C25H19ClF3NO3/c1-15-23(24(31)17-6-8-18(26)9-7-17)21-11-10-20(33-25(27,28)29)13-22(21)30(15)14-16-4-3-5-19(12-16)32-2/h3-13H,14H2,1-2H3. The first-order valence-corrected chi connectivity index (χ1v) is 10.4. The molecule has 1 aromatic heterocycles. The molecule has 0 unspecified atom stereocenters. The third-order valence-corrected chi connectivity index (χ3v) is 5.59. The Balaban J connectivity index is 1.88. The second-order valence-electron chi connectivity index (χ2n) is 7.46. The molecular weight excluding hydrogens is 455 g/mol. The minimum Gasteiger partial charge on any atom is -0.497 e. The molecule has 0 fully saturated rings. The number of rotatable bonds is 6. The SMILES string of the molecule is COc1cccc(Cn2c(C)c(C(=O)c3ccc(Cl)cc3)c3ccc(OC(F)(F)F)cc32)c1. The van der Waals surface area contributed by atoms with Crippen LogP contribution in [0.2, 0.25) is 5.02 Å². The Kier molecular flexibility index (Phi) is 6.08. The number of ether oxygens (including phenoxy) is 2. The van der Waals surface area contributed by atoms with Crippen molar-refractivity contribution in [1.82, 2.24) is 4.57 Å². The Bertz CT molecular complexity index is 1330. The largest absolute Gasteiger partial charge is 0.573 e. The molecule has 0 saturated carbocycles. The number of carbonyl (C=O) groups excluding carboxylic acids is 1. The zero-order valence-electron chi connectivity index (χ0n) is 17.7. The lowest BCUT2D eigenvalue weighted by atomic mass is 10.0. The van der Waals surface area contributed by atoms with Crippen LogP contribution < -0.4 is 9.47 Å². The summed E-state index contributed by atoms with van der Waals surface area (Å²) in [6.07, 6.45) is -4.82. The van der Waals surface area contributed by atoms with E-state index in [0.29, 0.717) is 45.0 Å². The minimum atomic E-state index is -4.82. The molecule has 0 saturated heterocycles. The highest BCUT2D eigenvalue weighted by Crippen LogP contribution is 2.34. The van der Waals surface area contributed by atoms with Crippen LogP contribution in [0.15, 0.2) is 66.7 Å². The van der Waals surface area contributed by atoms with Crippen LogP contribution in [0.1, 0.15) is 27.2 Å². The van der Waals surface area contributed by atoms with Crippen LogP contribution in [0.5, 0.6) is 11.5 Å². The van der Waals surface area contributed by atoms with Gasteiger partial charge >= 0.3 is 6.36 Å². The summed E-state index contributed by atoms with van der Waals surface area (Å²) < 4.78 is 49.7. The molecule has 0 radical (unpaired) electrons. The fourth-order valence-corrected chi connectivity index (χ4v) is 3.97. The van der Waals surface area contributed by atoms with Crippen molar-refractivity contribution in [2.45, 2.75) is 19.8 Å². The van der Waals surface area contributed by atoms with Crippen molar-refractivity contribution < 1.29 is 27.4 Å². The zero-order valence-corrected chi connectivity index (χ0v) is 18.5. The number of alkyl halides is 3. The fourth-order valence-electron chi connectivity index (χ4n) is 3.84. The molecule has 4 rings (SSSR count). The van der Waals surface area contributed by atoms with Gasteiger partial charge in [0.05, 0.1) is 18.2 Å². The predicted octanol–water partition coefficient (Wildman–Crippen LogP) is 6.79. The van der Waals surface area contributed by atoms with E-state index in [4.69, 9.17) is 16.3 Å². The summed E-state index contributed by atoms with van der Waals surface area (Å²) in [6.45, 7) is 2.09. The first-order chi connectivity index (χ1) is 15.7. The van der Waals surface area contributed by atoms with Gasteiger partial charge in [0.25, 0.3) is 0 Å².